The minimum absolute atomic E-state index is 0.0112. The second-order valence-electron chi connectivity index (χ2n) is 4.84. The Hall–Kier alpha value is -2.93. The Balaban J connectivity index is 1.83. The zero-order valence-corrected chi connectivity index (χ0v) is 13.5. The average molecular weight is 348 g/mol. The van der Waals surface area contributed by atoms with Crippen molar-refractivity contribution in [3.05, 3.63) is 68.7 Å². The van der Waals surface area contributed by atoms with Crippen molar-refractivity contribution in [2.75, 3.05) is 6.61 Å². The van der Waals surface area contributed by atoms with Crippen molar-refractivity contribution in [1.82, 2.24) is 5.43 Å². The Labute approximate surface area is 143 Å². The van der Waals surface area contributed by atoms with Gasteiger partial charge in [-0.05, 0) is 48.4 Å². The van der Waals surface area contributed by atoms with Gasteiger partial charge in [-0.1, -0.05) is 11.6 Å². The number of amides is 1. The normalized spacial score (nSPS) is 10.6. The number of nitrogens with one attached hydrogen (secondary N) is 1. The Bertz CT molecular complexity index is 775. The van der Waals surface area contributed by atoms with Crippen LogP contribution in [0.4, 0.5) is 5.69 Å². The van der Waals surface area contributed by atoms with Crippen LogP contribution in [0.25, 0.3) is 0 Å². The molecule has 7 nitrogen and oxygen atoms in total. The van der Waals surface area contributed by atoms with Crippen LogP contribution in [0.1, 0.15) is 11.1 Å². The first kappa shape index (κ1) is 17.4. The van der Waals surface area contributed by atoms with E-state index in [1.165, 1.54) is 30.5 Å². The SMILES string of the molecule is Cc1cc(Cl)ccc1OCC(=O)NN=Cc1ccc([N+](=O)[O-])cc1. The summed E-state index contributed by atoms with van der Waals surface area (Å²) in [4.78, 5) is 21.7. The fourth-order valence-electron chi connectivity index (χ4n) is 1.81. The smallest absolute Gasteiger partial charge is 0.277 e. The first-order valence-electron chi connectivity index (χ1n) is 6.91. The summed E-state index contributed by atoms with van der Waals surface area (Å²) in [5, 5.41) is 14.9. The number of nitrogens with zero attached hydrogens (tertiary/aromatic N) is 2. The van der Waals surface area contributed by atoms with E-state index < -0.39 is 10.8 Å². The third-order valence-electron chi connectivity index (χ3n) is 3.00. The number of hydrazone groups is 1. The number of halogens is 1. The molecule has 2 rings (SSSR count). The molecule has 1 amide bonds. The summed E-state index contributed by atoms with van der Waals surface area (Å²) in [6.45, 7) is 1.63. The lowest BCUT2D eigenvalue weighted by molar-refractivity contribution is -0.384. The zero-order valence-electron chi connectivity index (χ0n) is 12.7. The van der Waals surface area contributed by atoms with Gasteiger partial charge in [-0.3, -0.25) is 14.9 Å². The molecule has 0 aliphatic heterocycles. The van der Waals surface area contributed by atoms with E-state index in [9.17, 15) is 14.9 Å². The highest BCUT2D eigenvalue weighted by atomic mass is 35.5. The van der Waals surface area contributed by atoms with E-state index >= 15 is 0 Å². The first-order valence-corrected chi connectivity index (χ1v) is 7.29. The number of ether oxygens (including phenoxy) is 1. The van der Waals surface area contributed by atoms with Gasteiger partial charge in [-0.15, -0.1) is 0 Å². The molecule has 0 spiro atoms. The fraction of sp³-hybridized carbons (Fsp3) is 0.125. The highest BCUT2D eigenvalue weighted by Gasteiger charge is 2.05. The molecule has 0 aliphatic carbocycles. The van der Waals surface area contributed by atoms with Crippen LogP contribution in [0.15, 0.2) is 47.6 Å². The second-order valence-corrected chi connectivity index (χ2v) is 5.28. The van der Waals surface area contributed by atoms with Crippen LogP contribution in [0.5, 0.6) is 5.75 Å². The minimum atomic E-state index is -0.487. The molecule has 0 aliphatic rings. The van der Waals surface area contributed by atoms with E-state index in [-0.39, 0.29) is 12.3 Å². The van der Waals surface area contributed by atoms with E-state index in [2.05, 4.69) is 10.5 Å². The second kappa shape index (κ2) is 8.07. The van der Waals surface area contributed by atoms with Crippen molar-refractivity contribution in [3.63, 3.8) is 0 Å². The Morgan fingerprint density at radius 3 is 2.67 bits per heavy atom. The van der Waals surface area contributed by atoms with Gasteiger partial charge in [0.15, 0.2) is 6.61 Å². The molecule has 0 saturated heterocycles. The van der Waals surface area contributed by atoms with Crippen LogP contribution in [0.3, 0.4) is 0 Å². The molecule has 24 heavy (non-hydrogen) atoms. The van der Waals surface area contributed by atoms with E-state index in [0.717, 1.165) is 5.56 Å². The summed E-state index contributed by atoms with van der Waals surface area (Å²) in [7, 11) is 0. The molecule has 0 radical (unpaired) electrons. The van der Waals surface area contributed by atoms with Crippen LogP contribution in [-0.2, 0) is 4.79 Å². The number of aryl methyl sites for hydroxylation is 1. The molecular formula is C16H14ClN3O4. The molecule has 0 fully saturated rings. The highest BCUT2D eigenvalue weighted by Crippen LogP contribution is 2.21. The molecule has 2 aromatic carbocycles. The Morgan fingerprint density at radius 1 is 1.33 bits per heavy atom. The molecule has 0 bridgehead atoms. The summed E-state index contributed by atoms with van der Waals surface area (Å²) < 4.78 is 5.38. The van der Waals surface area contributed by atoms with Gasteiger partial charge < -0.3 is 4.74 Å². The van der Waals surface area contributed by atoms with Gasteiger partial charge in [0.05, 0.1) is 11.1 Å². The van der Waals surface area contributed by atoms with Gasteiger partial charge in [-0.25, -0.2) is 5.43 Å². The molecule has 0 unspecified atom stereocenters. The largest absolute Gasteiger partial charge is 0.483 e. The third kappa shape index (κ3) is 5.06. The van der Waals surface area contributed by atoms with Gasteiger partial charge in [0, 0.05) is 17.2 Å². The number of nitro groups is 1. The molecule has 0 heterocycles. The van der Waals surface area contributed by atoms with Gasteiger partial charge in [0.2, 0.25) is 0 Å². The lowest BCUT2D eigenvalue weighted by Crippen LogP contribution is -2.24. The van der Waals surface area contributed by atoms with E-state index in [0.29, 0.717) is 16.3 Å². The number of nitro benzene ring substituents is 1. The number of carbonyl (C=O) groups excluding carboxylic acids is 1. The third-order valence-corrected chi connectivity index (χ3v) is 3.24. The lowest BCUT2D eigenvalue weighted by Gasteiger charge is -2.08. The van der Waals surface area contributed by atoms with Crippen molar-refractivity contribution < 1.29 is 14.5 Å². The first-order chi connectivity index (χ1) is 11.5. The number of carbonyl (C=O) groups is 1. The van der Waals surface area contributed by atoms with Crippen LogP contribution < -0.4 is 10.2 Å². The summed E-state index contributed by atoms with van der Waals surface area (Å²) in [5.74, 6) is 0.136. The number of hydrogen-bond donors (Lipinski definition) is 1. The van der Waals surface area contributed by atoms with Crippen LogP contribution in [0, 0.1) is 17.0 Å². The Kier molecular flexibility index (Phi) is 5.86. The fourth-order valence-corrected chi connectivity index (χ4v) is 2.04. The van der Waals surface area contributed by atoms with Crippen molar-refractivity contribution in [2.45, 2.75) is 6.92 Å². The minimum Gasteiger partial charge on any atom is -0.483 e. The molecule has 0 aromatic heterocycles. The predicted octanol–water partition coefficient (Wildman–Crippen LogP) is 3.09. The van der Waals surface area contributed by atoms with Crippen LogP contribution in [-0.4, -0.2) is 23.7 Å². The van der Waals surface area contributed by atoms with Crippen molar-refractivity contribution in [2.24, 2.45) is 5.10 Å². The molecule has 124 valence electrons. The summed E-state index contributed by atoms with van der Waals surface area (Å²) in [5.41, 5.74) is 3.75. The number of non-ortho nitro benzene ring substituents is 1. The number of rotatable bonds is 6. The standard InChI is InChI=1S/C16H14ClN3O4/c1-11-8-13(17)4-7-15(11)24-10-16(21)19-18-9-12-2-5-14(6-3-12)20(22)23/h2-9H,10H2,1H3,(H,19,21). The average Bonchev–Trinajstić information content (AvgIpc) is 2.54. The van der Waals surface area contributed by atoms with E-state index in [1.54, 1.807) is 18.2 Å². The quantitative estimate of drug-likeness (QED) is 0.493. The summed E-state index contributed by atoms with van der Waals surface area (Å²) in [6, 6.07) is 10.9. The predicted molar refractivity (Wildman–Crippen MR) is 90.5 cm³/mol. The summed E-state index contributed by atoms with van der Waals surface area (Å²) >= 11 is 5.84. The maximum atomic E-state index is 11.7. The van der Waals surface area contributed by atoms with Crippen LogP contribution >= 0.6 is 11.6 Å². The maximum absolute atomic E-state index is 11.7. The Morgan fingerprint density at radius 2 is 2.04 bits per heavy atom. The zero-order chi connectivity index (χ0) is 17.5. The van der Waals surface area contributed by atoms with Crippen molar-refractivity contribution >= 4 is 29.4 Å². The number of hydrogen-bond acceptors (Lipinski definition) is 5. The van der Waals surface area contributed by atoms with E-state index in [4.69, 9.17) is 16.3 Å². The van der Waals surface area contributed by atoms with Crippen LogP contribution in [0.2, 0.25) is 5.02 Å². The molecule has 2 aromatic rings. The van der Waals surface area contributed by atoms with Gasteiger partial charge >= 0.3 is 0 Å². The monoisotopic (exact) mass is 347 g/mol. The van der Waals surface area contributed by atoms with Crippen molar-refractivity contribution in [3.8, 4) is 5.75 Å². The number of benzene rings is 2. The highest BCUT2D eigenvalue weighted by molar-refractivity contribution is 6.30. The molecule has 8 heteroatoms. The van der Waals surface area contributed by atoms with Crippen molar-refractivity contribution in [1.29, 1.82) is 0 Å². The van der Waals surface area contributed by atoms with Gasteiger partial charge in [-0.2, -0.15) is 5.10 Å². The topological polar surface area (TPSA) is 93.8 Å². The summed E-state index contributed by atoms with van der Waals surface area (Å²) in [6.07, 6.45) is 1.38. The molecule has 0 atom stereocenters. The molecule has 0 saturated carbocycles. The molecular weight excluding hydrogens is 334 g/mol. The maximum Gasteiger partial charge on any atom is 0.277 e. The van der Waals surface area contributed by atoms with Gasteiger partial charge in [0.25, 0.3) is 11.6 Å². The van der Waals surface area contributed by atoms with E-state index in [1.807, 2.05) is 6.92 Å². The lowest BCUT2D eigenvalue weighted by atomic mass is 10.2. The molecule has 1 N–H and O–H groups in total. The van der Waals surface area contributed by atoms with Gasteiger partial charge in [0.1, 0.15) is 5.75 Å².